The van der Waals surface area contributed by atoms with E-state index in [4.69, 9.17) is 18.9 Å². The number of methoxy groups -OCH3 is 2. The van der Waals surface area contributed by atoms with Crippen molar-refractivity contribution in [3.63, 3.8) is 0 Å². The van der Waals surface area contributed by atoms with Crippen molar-refractivity contribution in [2.75, 3.05) is 65.1 Å². The van der Waals surface area contributed by atoms with Gasteiger partial charge in [-0.1, -0.05) is 38.8 Å². The van der Waals surface area contributed by atoms with Crippen LogP contribution >= 0.6 is 0 Å². The normalized spacial score (nSPS) is 17.6. The SMILES string of the molecule is CCCCCOc1cc(N2CC(C)CN(Cc3ccc(CC(=O)N4CCOCC4)cc3OC)C2=O)ccc1OC. The maximum atomic E-state index is 13.7. The lowest BCUT2D eigenvalue weighted by Crippen LogP contribution is -2.52. The van der Waals surface area contributed by atoms with Crippen molar-refractivity contribution in [1.82, 2.24) is 9.80 Å². The summed E-state index contributed by atoms with van der Waals surface area (Å²) in [6.07, 6.45) is 3.51. The number of carbonyl (C=O) groups excluding carboxylic acids is 2. The molecule has 0 radical (unpaired) electrons. The van der Waals surface area contributed by atoms with E-state index in [0.29, 0.717) is 76.2 Å². The van der Waals surface area contributed by atoms with E-state index in [2.05, 4.69) is 13.8 Å². The second-order valence-corrected chi connectivity index (χ2v) is 10.6. The first kappa shape index (κ1) is 29.5. The maximum Gasteiger partial charge on any atom is 0.324 e. The minimum Gasteiger partial charge on any atom is -0.496 e. The third-order valence-corrected chi connectivity index (χ3v) is 7.42. The zero-order valence-corrected chi connectivity index (χ0v) is 24.3. The van der Waals surface area contributed by atoms with Crippen molar-refractivity contribution in [2.45, 2.75) is 46.1 Å². The molecule has 0 aliphatic carbocycles. The van der Waals surface area contributed by atoms with Gasteiger partial charge >= 0.3 is 6.03 Å². The number of hydrogen-bond acceptors (Lipinski definition) is 6. The highest BCUT2D eigenvalue weighted by Crippen LogP contribution is 2.34. The van der Waals surface area contributed by atoms with E-state index in [1.165, 1.54) is 0 Å². The van der Waals surface area contributed by atoms with Crippen LogP contribution in [-0.4, -0.2) is 82.0 Å². The summed E-state index contributed by atoms with van der Waals surface area (Å²) >= 11 is 0. The van der Waals surface area contributed by atoms with Gasteiger partial charge in [-0.05, 0) is 36.1 Å². The topological polar surface area (TPSA) is 80.8 Å². The van der Waals surface area contributed by atoms with Crippen LogP contribution < -0.4 is 19.1 Å². The quantitative estimate of drug-likeness (QED) is 0.353. The van der Waals surface area contributed by atoms with E-state index in [1.54, 1.807) is 14.2 Å². The van der Waals surface area contributed by atoms with Gasteiger partial charge in [0.2, 0.25) is 5.91 Å². The van der Waals surface area contributed by atoms with Crippen molar-refractivity contribution in [2.24, 2.45) is 5.92 Å². The van der Waals surface area contributed by atoms with Crippen LogP contribution in [0.4, 0.5) is 10.5 Å². The number of anilines is 1. The van der Waals surface area contributed by atoms with E-state index < -0.39 is 0 Å². The van der Waals surface area contributed by atoms with Crippen LogP contribution in [0.15, 0.2) is 36.4 Å². The number of amides is 3. The number of unbranched alkanes of at least 4 members (excludes halogenated alkanes) is 2. The molecular formula is C31H43N3O6. The highest BCUT2D eigenvalue weighted by Gasteiger charge is 2.32. The number of benzene rings is 2. The average molecular weight is 554 g/mol. The first-order valence-electron chi connectivity index (χ1n) is 14.3. The van der Waals surface area contributed by atoms with Gasteiger partial charge in [-0.25, -0.2) is 4.79 Å². The van der Waals surface area contributed by atoms with Gasteiger partial charge in [0.25, 0.3) is 0 Å². The Bertz CT molecular complexity index is 1150. The van der Waals surface area contributed by atoms with E-state index in [-0.39, 0.29) is 17.9 Å². The van der Waals surface area contributed by atoms with Gasteiger partial charge in [0.15, 0.2) is 11.5 Å². The van der Waals surface area contributed by atoms with Crippen LogP contribution in [0.3, 0.4) is 0 Å². The maximum absolute atomic E-state index is 13.7. The molecule has 3 amide bonds. The number of ether oxygens (including phenoxy) is 4. The minimum absolute atomic E-state index is 0.0613. The lowest BCUT2D eigenvalue weighted by atomic mass is 10.0. The van der Waals surface area contributed by atoms with Crippen molar-refractivity contribution < 1.29 is 28.5 Å². The van der Waals surface area contributed by atoms with Gasteiger partial charge in [-0.15, -0.1) is 0 Å². The molecule has 2 aromatic rings. The van der Waals surface area contributed by atoms with Crippen LogP contribution in [0, 0.1) is 5.92 Å². The Morgan fingerprint density at radius 1 is 0.975 bits per heavy atom. The Kier molecular flexibility index (Phi) is 10.5. The number of carbonyl (C=O) groups is 2. The highest BCUT2D eigenvalue weighted by molar-refractivity contribution is 5.93. The molecular weight excluding hydrogens is 510 g/mol. The molecule has 2 aliphatic heterocycles. The molecule has 218 valence electrons. The lowest BCUT2D eigenvalue weighted by molar-refractivity contribution is -0.134. The third kappa shape index (κ3) is 7.38. The molecule has 2 saturated heterocycles. The monoisotopic (exact) mass is 553 g/mol. The summed E-state index contributed by atoms with van der Waals surface area (Å²) in [6, 6.07) is 11.4. The number of morpholine rings is 1. The van der Waals surface area contributed by atoms with E-state index >= 15 is 0 Å². The summed E-state index contributed by atoms with van der Waals surface area (Å²) in [6.45, 7) is 9.01. The van der Waals surface area contributed by atoms with Crippen molar-refractivity contribution >= 4 is 17.6 Å². The van der Waals surface area contributed by atoms with Crippen LogP contribution in [0.25, 0.3) is 0 Å². The summed E-state index contributed by atoms with van der Waals surface area (Å²) in [5.74, 6) is 2.34. The smallest absolute Gasteiger partial charge is 0.324 e. The summed E-state index contributed by atoms with van der Waals surface area (Å²) in [7, 11) is 3.25. The van der Waals surface area contributed by atoms with Gasteiger partial charge in [0.05, 0.1) is 47.0 Å². The Morgan fingerprint density at radius 3 is 2.48 bits per heavy atom. The second-order valence-electron chi connectivity index (χ2n) is 10.6. The van der Waals surface area contributed by atoms with Crippen molar-refractivity contribution in [1.29, 1.82) is 0 Å². The van der Waals surface area contributed by atoms with Crippen LogP contribution in [0.5, 0.6) is 17.2 Å². The van der Waals surface area contributed by atoms with Crippen LogP contribution in [0.2, 0.25) is 0 Å². The van der Waals surface area contributed by atoms with Crippen molar-refractivity contribution in [3.8, 4) is 17.2 Å². The van der Waals surface area contributed by atoms with E-state index in [9.17, 15) is 9.59 Å². The van der Waals surface area contributed by atoms with Crippen LogP contribution in [-0.2, 0) is 22.5 Å². The Labute approximate surface area is 237 Å². The zero-order chi connectivity index (χ0) is 28.5. The minimum atomic E-state index is -0.0613. The predicted molar refractivity (Wildman–Crippen MR) is 154 cm³/mol. The summed E-state index contributed by atoms with van der Waals surface area (Å²) < 4.78 is 22.6. The lowest BCUT2D eigenvalue weighted by Gasteiger charge is -2.39. The number of nitrogens with zero attached hydrogens (tertiary/aromatic N) is 3. The molecule has 4 rings (SSSR count). The molecule has 1 unspecified atom stereocenters. The van der Waals surface area contributed by atoms with Gasteiger partial charge in [-0.2, -0.15) is 0 Å². The predicted octanol–water partition coefficient (Wildman–Crippen LogP) is 4.75. The molecule has 1 atom stereocenters. The van der Waals surface area contributed by atoms with Gasteiger partial charge in [0, 0.05) is 43.5 Å². The highest BCUT2D eigenvalue weighted by atomic mass is 16.5. The molecule has 0 aromatic heterocycles. The molecule has 40 heavy (non-hydrogen) atoms. The molecule has 0 bridgehead atoms. The van der Waals surface area contributed by atoms with Gasteiger partial charge in [-0.3, -0.25) is 9.69 Å². The largest absolute Gasteiger partial charge is 0.496 e. The first-order valence-corrected chi connectivity index (χ1v) is 14.3. The molecule has 2 aromatic carbocycles. The molecule has 9 nitrogen and oxygen atoms in total. The fourth-order valence-corrected chi connectivity index (χ4v) is 5.24. The third-order valence-electron chi connectivity index (χ3n) is 7.42. The second kappa shape index (κ2) is 14.3. The Balaban J connectivity index is 1.47. The molecule has 9 heteroatoms. The number of rotatable bonds is 12. The number of hydrogen-bond donors (Lipinski definition) is 0. The molecule has 2 heterocycles. The molecule has 0 N–H and O–H groups in total. The standard InChI is InChI=1S/C31H43N3O6/c1-5-6-7-14-40-29-19-26(10-11-27(29)37-3)34-21-23(2)20-33(31(34)36)22-25-9-8-24(17-28(25)38-4)18-30(35)32-12-15-39-16-13-32/h8-11,17,19,23H,5-7,12-16,18,20-22H2,1-4H3. The molecule has 0 spiro atoms. The summed E-state index contributed by atoms with van der Waals surface area (Å²) in [5.41, 5.74) is 2.58. The Morgan fingerprint density at radius 2 is 1.75 bits per heavy atom. The molecule has 2 fully saturated rings. The first-order chi connectivity index (χ1) is 19.4. The van der Waals surface area contributed by atoms with Gasteiger partial charge in [0.1, 0.15) is 5.75 Å². The Hall–Kier alpha value is -3.46. The average Bonchev–Trinajstić information content (AvgIpc) is 2.98. The molecule has 2 aliphatic rings. The fraction of sp³-hybridized carbons (Fsp3) is 0.548. The fourth-order valence-electron chi connectivity index (χ4n) is 5.24. The van der Waals surface area contributed by atoms with E-state index in [0.717, 1.165) is 36.1 Å². The van der Waals surface area contributed by atoms with E-state index in [1.807, 2.05) is 51.1 Å². The number of urea groups is 1. The van der Waals surface area contributed by atoms with Crippen LogP contribution in [0.1, 0.15) is 44.2 Å². The summed E-state index contributed by atoms with van der Waals surface area (Å²) in [4.78, 5) is 31.9. The summed E-state index contributed by atoms with van der Waals surface area (Å²) in [5, 5.41) is 0. The van der Waals surface area contributed by atoms with Crippen molar-refractivity contribution in [3.05, 3.63) is 47.5 Å². The van der Waals surface area contributed by atoms with Gasteiger partial charge < -0.3 is 28.7 Å². The molecule has 0 saturated carbocycles. The zero-order valence-electron chi connectivity index (χ0n) is 24.3.